The highest BCUT2D eigenvalue weighted by molar-refractivity contribution is 6.00. The molecule has 5 amide bonds. The number of rotatable bonds is 4. The molecule has 1 aromatic carbocycles. The summed E-state index contributed by atoms with van der Waals surface area (Å²) in [7, 11) is 0. The Hall–Kier alpha value is -2.77. The predicted octanol–water partition coefficient (Wildman–Crippen LogP) is 1.04. The van der Waals surface area contributed by atoms with Crippen LogP contribution in [0.4, 0.5) is 9.59 Å². The predicted molar refractivity (Wildman–Crippen MR) is 84.9 cm³/mol. The Labute approximate surface area is 139 Å². The summed E-state index contributed by atoms with van der Waals surface area (Å²) in [5, 5.41) is 17.2. The van der Waals surface area contributed by atoms with Crippen molar-refractivity contribution in [1.29, 1.82) is 0 Å². The fraction of sp³-hybridized carbons (Fsp3) is 0.438. The minimum absolute atomic E-state index is 0.100. The number of phenolic OH excluding ortho intramolecular Hbond substituents is 1. The van der Waals surface area contributed by atoms with Crippen molar-refractivity contribution >= 4 is 18.0 Å². The van der Waals surface area contributed by atoms with Crippen molar-refractivity contribution in [2.45, 2.75) is 32.0 Å². The third kappa shape index (κ3) is 2.86. The number of fused-ring (bicyclic) bond motifs is 1. The molecule has 2 saturated heterocycles. The molecule has 2 heterocycles. The number of carbonyl (C=O) groups excluding carboxylic acids is 3. The molecule has 0 bridgehead atoms. The van der Waals surface area contributed by atoms with Gasteiger partial charge in [-0.1, -0.05) is 25.5 Å². The van der Waals surface area contributed by atoms with E-state index in [0.29, 0.717) is 12.1 Å². The van der Waals surface area contributed by atoms with E-state index in [9.17, 15) is 19.5 Å². The second kappa shape index (κ2) is 6.38. The molecular weight excluding hydrogens is 312 g/mol. The van der Waals surface area contributed by atoms with Crippen LogP contribution in [0.3, 0.4) is 0 Å². The van der Waals surface area contributed by atoms with Crippen LogP contribution in [-0.4, -0.2) is 40.7 Å². The van der Waals surface area contributed by atoms with E-state index in [-0.39, 0.29) is 5.75 Å². The molecule has 0 aliphatic carbocycles. The first-order valence-corrected chi connectivity index (χ1v) is 7.98. The first kappa shape index (κ1) is 16.1. The minimum Gasteiger partial charge on any atom is -0.508 e. The van der Waals surface area contributed by atoms with E-state index in [1.807, 2.05) is 6.92 Å². The number of aromatic hydroxyl groups is 1. The summed E-state index contributed by atoms with van der Waals surface area (Å²) in [4.78, 5) is 38.1. The first-order valence-electron chi connectivity index (χ1n) is 7.98. The average molecular weight is 332 g/mol. The van der Waals surface area contributed by atoms with Crippen LogP contribution in [0.1, 0.15) is 31.4 Å². The maximum atomic E-state index is 12.4. The summed E-state index contributed by atoms with van der Waals surface area (Å²) in [6.45, 7) is 2.46. The van der Waals surface area contributed by atoms with Crippen molar-refractivity contribution in [2.24, 2.45) is 5.92 Å². The Morgan fingerprint density at radius 1 is 1.12 bits per heavy atom. The fourth-order valence-electron chi connectivity index (χ4n) is 3.17. The number of urea groups is 2. The van der Waals surface area contributed by atoms with Crippen LogP contribution in [0.5, 0.6) is 5.75 Å². The van der Waals surface area contributed by atoms with Crippen LogP contribution in [0.15, 0.2) is 24.3 Å². The van der Waals surface area contributed by atoms with Gasteiger partial charge in [0.15, 0.2) is 0 Å². The number of hydrogen-bond acceptors (Lipinski definition) is 4. The summed E-state index contributed by atoms with van der Waals surface area (Å²) in [5.74, 6) is -0.978. The summed E-state index contributed by atoms with van der Waals surface area (Å²) in [6, 6.07) is 4.81. The van der Waals surface area contributed by atoms with E-state index in [1.54, 1.807) is 12.1 Å². The molecule has 4 N–H and O–H groups in total. The van der Waals surface area contributed by atoms with Crippen molar-refractivity contribution in [3.63, 3.8) is 0 Å². The Balaban J connectivity index is 1.94. The lowest BCUT2D eigenvalue weighted by molar-refractivity contribution is -0.130. The zero-order chi connectivity index (χ0) is 17.3. The van der Waals surface area contributed by atoms with Crippen LogP contribution >= 0.6 is 0 Å². The molecule has 24 heavy (non-hydrogen) atoms. The standard InChI is InChI=1S/C16H20N4O4/c1-2-3-8-20-13-11(14(22)19-16(20)24)12(17-15(23)18-13)9-4-6-10(21)7-5-9/h4-7,11-13,21H,2-3,8H2,1H3,(H2,17,18,23)(H,19,22,24). The number of amides is 5. The van der Waals surface area contributed by atoms with E-state index in [4.69, 9.17) is 0 Å². The zero-order valence-electron chi connectivity index (χ0n) is 13.3. The third-order valence-electron chi connectivity index (χ3n) is 4.40. The summed E-state index contributed by atoms with van der Waals surface area (Å²) >= 11 is 0. The van der Waals surface area contributed by atoms with Gasteiger partial charge in [0.25, 0.3) is 0 Å². The van der Waals surface area contributed by atoms with Crippen molar-refractivity contribution in [3.05, 3.63) is 29.8 Å². The molecule has 0 radical (unpaired) electrons. The van der Waals surface area contributed by atoms with Gasteiger partial charge in [-0.15, -0.1) is 0 Å². The Kier molecular flexibility index (Phi) is 4.28. The number of phenols is 1. The van der Waals surface area contributed by atoms with Crippen LogP contribution in [0.2, 0.25) is 0 Å². The van der Waals surface area contributed by atoms with Crippen LogP contribution in [0.25, 0.3) is 0 Å². The SMILES string of the molecule is CCCCN1C(=O)NC(=O)C2C(c3ccc(O)cc3)NC(=O)NC21. The van der Waals surface area contributed by atoms with E-state index in [1.165, 1.54) is 17.0 Å². The first-order chi connectivity index (χ1) is 11.5. The van der Waals surface area contributed by atoms with Gasteiger partial charge in [0.05, 0.1) is 6.04 Å². The fourth-order valence-corrected chi connectivity index (χ4v) is 3.17. The van der Waals surface area contributed by atoms with Gasteiger partial charge in [-0.3, -0.25) is 10.1 Å². The number of benzene rings is 1. The van der Waals surface area contributed by atoms with Gasteiger partial charge in [0.1, 0.15) is 17.8 Å². The van der Waals surface area contributed by atoms with Gasteiger partial charge in [-0.05, 0) is 24.1 Å². The number of nitrogens with one attached hydrogen (secondary N) is 3. The third-order valence-corrected chi connectivity index (χ3v) is 4.40. The van der Waals surface area contributed by atoms with Gasteiger partial charge in [-0.25, -0.2) is 9.59 Å². The van der Waals surface area contributed by atoms with Crippen molar-refractivity contribution in [3.8, 4) is 5.75 Å². The molecular formula is C16H20N4O4. The molecule has 0 spiro atoms. The van der Waals surface area contributed by atoms with E-state index < -0.39 is 36.1 Å². The number of unbranched alkanes of at least 4 members (excludes halogenated alkanes) is 1. The lowest BCUT2D eigenvalue weighted by atomic mass is 9.86. The quantitative estimate of drug-likeness (QED) is 0.660. The molecule has 1 aromatic rings. The van der Waals surface area contributed by atoms with Crippen molar-refractivity contribution in [2.75, 3.05) is 6.54 Å². The Morgan fingerprint density at radius 3 is 2.50 bits per heavy atom. The maximum absolute atomic E-state index is 12.4. The molecule has 2 aliphatic rings. The second-order valence-corrected chi connectivity index (χ2v) is 6.00. The zero-order valence-corrected chi connectivity index (χ0v) is 13.3. The maximum Gasteiger partial charge on any atom is 0.325 e. The summed E-state index contributed by atoms with van der Waals surface area (Å²) in [5.41, 5.74) is 0.692. The number of hydrogen-bond donors (Lipinski definition) is 4. The highest BCUT2D eigenvalue weighted by Crippen LogP contribution is 2.32. The monoisotopic (exact) mass is 332 g/mol. The summed E-state index contributed by atoms with van der Waals surface area (Å²) in [6.07, 6.45) is 0.978. The van der Waals surface area contributed by atoms with E-state index in [2.05, 4.69) is 16.0 Å². The molecule has 0 saturated carbocycles. The van der Waals surface area contributed by atoms with Crippen LogP contribution < -0.4 is 16.0 Å². The highest BCUT2D eigenvalue weighted by Gasteiger charge is 2.49. The topological polar surface area (TPSA) is 111 Å². The van der Waals surface area contributed by atoms with Crippen molar-refractivity contribution in [1.82, 2.24) is 20.9 Å². The highest BCUT2D eigenvalue weighted by atomic mass is 16.3. The molecule has 8 heteroatoms. The molecule has 2 fully saturated rings. The van der Waals surface area contributed by atoms with Gasteiger partial charge in [-0.2, -0.15) is 0 Å². The van der Waals surface area contributed by atoms with E-state index >= 15 is 0 Å². The Morgan fingerprint density at radius 2 is 1.83 bits per heavy atom. The Bertz CT molecular complexity index is 661. The molecule has 3 atom stereocenters. The lowest BCUT2D eigenvalue weighted by Crippen LogP contribution is -2.72. The van der Waals surface area contributed by atoms with Gasteiger partial charge in [0.2, 0.25) is 5.91 Å². The molecule has 0 aromatic heterocycles. The largest absolute Gasteiger partial charge is 0.508 e. The lowest BCUT2D eigenvalue weighted by Gasteiger charge is -2.46. The molecule has 8 nitrogen and oxygen atoms in total. The smallest absolute Gasteiger partial charge is 0.325 e. The molecule has 128 valence electrons. The normalized spacial score (nSPS) is 26.3. The second-order valence-electron chi connectivity index (χ2n) is 6.00. The van der Waals surface area contributed by atoms with Gasteiger partial charge >= 0.3 is 12.1 Å². The van der Waals surface area contributed by atoms with Crippen LogP contribution in [-0.2, 0) is 4.79 Å². The van der Waals surface area contributed by atoms with Gasteiger partial charge in [0, 0.05) is 6.54 Å². The number of imide groups is 1. The molecule has 3 rings (SSSR count). The minimum atomic E-state index is -0.689. The summed E-state index contributed by atoms with van der Waals surface area (Å²) < 4.78 is 0. The van der Waals surface area contributed by atoms with E-state index in [0.717, 1.165) is 12.8 Å². The number of nitrogens with zero attached hydrogens (tertiary/aromatic N) is 1. The van der Waals surface area contributed by atoms with Gasteiger partial charge < -0.3 is 20.6 Å². The molecule has 3 unspecified atom stereocenters. The molecule has 2 aliphatic heterocycles. The average Bonchev–Trinajstić information content (AvgIpc) is 2.54. The van der Waals surface area contributed by atoms with Crippen molar-refractivity contribution < 1.29 is 19.5 Å². The van der Waals surface area contributed by atoms with Crippen LogP contribution in [0, 0.1) is 5.92 Å². The number of carbonyl (C=O) groups is 3.